The zero-order chi connectivity index (χ0) is 19.1. The van der Waals surface area contributed by atoms with Crippen molar-refractivity contribution in [1.29, 1.82) is 0 Å². The molecule has 0 saturated carbocycles. The van der Waals surface area contributed by atoms with Crippen LogP contribution in [0.4, 0.5) is 0 Å². The summed E-state index contributed by atoms with van der Waals surface area (Å²) in [6.45, 7) is 7.08. The number of hydrogen-bond acceptors (Lipinski definition) is 0. The predicted octanol–water partition coefficient (Wildman–Crippen LogP) is 8.54. The minimum absolute atomic E-state index is 0. The Labute approximate surface area is 194 Å². The van der Waals surface area contributed by atoms with Crippen molar-refractivity contribution in [2.24, 2.45) is 0 Å². The van der Waals surface area contributed by atoms with Crippen molar-refractivity contribution in [2.45, 2.75) is 120 Å². The van der Waals surface area contributed by atoms with Crippen LogP contribution in [0.15, 0.2) is 24.3 Å². The van der Waals surface area contributed by atoms with Crippen LogP contribution in [-0.4, -0.2) is 27.9 Å². The van der Waals surface area contributed by atoms with Gasteiger partial charge in [0.15, 0.2) is 0 Å². The van der Waals surface area contributed by atoms with E-state index in [-0.39, 0.29) is 12.4 Å². The van der Waals surface area contributed by atoms with Crippen LogP contribution >= 0.6 is 12.4 Å². The molecule has 0 N–H and O–H groups in total. The second-order valence-corrected chi connectivity index (χ2v) is 11.8. The number of aryl methyl sites for hydroxylation is 1. The summed E-state index contributed by atoms with van der Waals surface area (Å²) in [4.78, 5) is 0. The van der Waals surface area contributed by atoms with Crippen LogP contribution in [0.3, 0.4) is 0 Å². The van der Waals surface area contributed by atoms with Crippen LogP contribution in [0.25, 0.3) is 0 Å². The quantitative estimate of drug-likeness (QED) is 0.192. The Kier molecular flexibility index (Phi) is 17.7. The number of unbranched alkanes of at least 4 members (excludes halogenated alkanes) is 13. The first kappa shape index (κ1) is 27.5. The summed E-state index contributed by atoms with van der Waals surface area (Å²) in [6, 6.07) is 9.14. The van der Waals surface area contributed by atoms with E-state index >= 15 is 0 Å². The van der Waals surface area contributed by atoms with Crippen molar-refractivity contribution < 1.29 is 0 Å². The van der Waals surface area contributed by atoms with E-state index in [1.54, 1.807) is 11.1 Å². The molecule has 0 amide bonds. The molecule has 0 fully saturated rings. The number of rotatable bonds is 16. The molecule has 0 heterocycles. The molecule has 0 aliphatic carbocycles. The Morgan fingerprint density at radius 3 is 1.52 bits per heavy atom. The molecule has 0 radical (unpaired) electrons. The van der Waals surface area contributed by atoms with Gasteiger partial charge >= 0.3 is 138 Å². The fourth-order valence-electron chi connectivity index (χ4n) is 3.98. The Balaban J connectivity index is 0.00000676. The van der Waals surface area contributed by atoms with E-state index in [0.29, 0.717) is 2.66 Å². The maximum Gasteiger partial charge on any atom is -0.147 e. The van der Waals surface area contributed by atoms with Gasteiger partial charge in [0.1, 0.15) is 0 Å². The van der Waals surface area contributed by atoms with Crippen LogP contribution in [0, 0.1) is 0 Å². The number of hydrogen-bond donors (Lipinski definition) is 0. The van der Waals surface area contributed by atoms with E-state index in [9.17, 15) is 0 Å². The third kappa shape index (κ3) is 14.2. The molecule has 0 unspecified atom stereocenters. The second kappa shape index (κ2) is 17.4. The van der Waals surface area contributed by atoms with Crippen molar-refractivity contribution in [3.8, 4) is 0 Å². The van der Waals surface area contributed by atoms with E-state index in [4.69, 9.17) is 0 Å². The summed E-state index contributed by atoms with van der Waals surface area (Å²) in [5.41, 5.74) is 3.20. The molecular formula is C25H44ClNa. The van der Waals surface area contributed by atoms with Gasteiger partial charge in [0.05, 0.1) is 0 Å². The van der Waals surface area contributed by atoms with Gasteiger partial charge in [0, 0.05) is 0 Å². The van der Waals surface area contributed by atoms with Gasteiger partial charge in [0.25, 0.3) is 0 Å². The minimum atomic E-state index is 0. The van der Waals surface area contributed by atoms with E-state index in [0.717, 1.165) is 0 Å². The van der Waals surface area contributed by atoms with Crippen LogP contribution in [0.5, 0.6) is 0 Å². The topological polar surface area (TPSA) is 0 Å². The Bertz CT molecular complexity index is 450. The largest absolute Gasteiger partial charge is 0.147 e. The molecule has 0 aliphatic heterocycles. The van der Waals surface area contributed by atoms with E-state index in [1.165, 1.54) is 124 Å². The van der Waals surface area contributed by atoms with Gasteiger partial charge in [-0.3, -0.25) is 0 Å². The van der Waals surface area contributed by atoms with Crippen LogP contribution in [0.2, 0.25) is 0 Å². The van der Waals surface area contributed by atoms with Crippen molar-refractivity contribution in [1.82, 2.24) is 0 Å². The molecule has 0 spiro atoms. The van der Waals surface area contributed by atoms with Gasteiger partial charge in [-0.2, -0.15) is 0 Å². The number of halogens is 1. The summed E-state index contributed by atoms with van der Waals surface area (Å²) in [6.07, 6.45) is 21.5. The maximum absolute atomic E-state index is 2.39. The Morgan fingerprint density at radius 2 is 1.07 bits per heavy atom. The molecule has 0 aromatic heterocycles. The molecule has 0 bridgehead atoms. The Hall–Kier alpha value is 0.510. The molecule has 1 aromatic carbocycles. The average molecular weight is 403 g/mol. The summed E-state index contributed by atoms with van der Waals surface area (Å²) in [5.74, 6) is 0. The average Bonchev–Trinajstić information content (AvgIpc) is 2.61. The first-order chi connectivity index (χ1) is 12.6. The molecule has 0 nitrogen and oxygen atoms in total. The second-order valence-electron chi connectivity index (χ2n) is 9.25. The molecule has 2 heteroatoms. The normalized spacial score (nSPS) is 11.4. The Morgan fingerprint density at radius 1 is 0.667 bits per heavy atom. The molecular weight excluding hydrogens is 359 g/mol. The molecule has 1 aromatic rings. The van der Waals surface area contributed by atoms with Crippen LogP contribution in [0.1, 0.15) is 122 Å². The van der Waals surface area contributed by atoms with Gasteiger partial charge in [0.2, 0.25) is 0 Å². The monoisotopic (exact) mass is 402 g/mol. The van der Waals surface area contributed by atoms with E-state index in [1.807, 2.05) is 0 Å². The van der Waals surface area contributed by atoms with Crippen molar-refractivity contribution >= 4 is 40.3 Å². The summed E-state index contributed by atoms with van der Waals surface area (Å²) < 4.78 is 0.409. The van der Waals surface area contributed by atoms with Gasteiger partial charge in [-0.05, 0) is 0 Å². The fraction of sp³-hybridized carbons (Fsp3) is 0.760. The van der Waals surface area contributed by atoms with Crippen LogP contribution < -0.4 is 0 Å². The van der Waals surface area contributed by atoms with E-state index < -0.39 is 0 Å². The third-order valence-electron chi connectivity index (χ3n) is 5.63. The van der Waals surface area contributed by atoms with Crippen molar-refractivity contribution in [3.63, 3.8) is 0 Å². The van der Waals surface area contributed by atoms with Crippen molar-refractivity contribution in [3.05, 3.63) is 35.4 Å². The zero-order valence-electron chi connectivity index (χ0n) is 18.8. The predicted molar refractivity (Wildman–Crippen MR) is 126 cm³/mol. The van der Waals surface area contributed by atoms with Crippen LogP contribution in [-0.2, 0) is 9.09 Å². The molecule has 1 rings (SSSR count). The summed E-state index contributed by atoms with van der Waals surface area (Å²) >= 11 is 1.23. The minimum Gasteiger partial charge on any atom is -0.147 e. The van der Waals surface area contributed by atoms with E-state index in [2.05, 4.69) is 45.0 Å². The fourth-order valence-corrected chi connectivity index (χ4v) is 4.47. The van der Waals surface area contributed by atoms with Gasteiger partial charge in [-0.1, -0.05) is 45.4 Å². The maximum atomic E-state index is 2.39. The first-order valence-corrected chi connectivity index (χ1v) is 12.6. The third-order valence-corrected chi connectivity index (χ3v) is 6.16. The molecule has 27 heavy (non-hydrogen) atoms. The first-order valence-electron chi connectivity index (χ1n) is 11.6. The SMILES string of the molecule is CCCCCCCCCCCCCCCCc1ccccc1[C](C)(C)[Na].Cl. The summed E-state index contributed by atoms with van der Waals surface area (Å²) in [7, 11) is 0. The van der Waals surface area contributed by atoms with Gasteiger partial charge in [-0.15, -0.1) is 12.4 Å². The smallest absolute Gasteiger partial charge is 0.147 e. The number of benzene rings is 1. The van der Waals surface area contributed by atoms with Gasteiger partial charge < -0.3 is 0 Å². The summed E-state index contributed by atoms with van der Waals surface area (Å²) in [5, 5.41) is 0. The van der Waals surface area contributed by atoms with Gasteiger partial charge in [-0.25, -0.2) is 0 Å². The molecule has 0 atom stereocenters. The van der Waals surface area contributed by atoms with Crippen molar-refractivity contribution in [2.75, 3.05) is 0 Å². The molecule has 0 saturated heterocycles. The molecule has 0 aliphatic rings. The zero-order valence-corrected chi connectivity index (χ0v) is 21.6. The standard InChI is InChI=1S/C25H43.ClH.Na/c1-4-5-6-7-8-9-10-11-12-13-14-15-16-17-20-24-21-18-19-22-25(24)23(2)3;;/h18-19,21-22H,4-17,20H2,1-3H3;1H;. The molecule has 152 valence electrons.